The van der Waals surface area contributed by atoms with Gasteiger partial charge >= 0.3 is 7.12 Å². The van der Waals surface area contributed by atoms with E-state index in [1.54, 1.807) is 0 Å². The number of anilines is 1. The number of carbonyl (C=O) groups excluding carboxylic acids is 1. The van der Waals surface area contributed by atoms with Crippen molar-refractivity contribution in [1.29, 1.82) is 0 Å². The fourth-order valence-corrected chi connectivity index (χ4v) is 0.913. The van der Waals surface area contributed by atoms with Crippen LogP contribution in [0.2, 0.25) is 0 Å². The minimum atomic E-state index is -1.75. The summed E-state index contributed by atoms with van der Waals surface area (Å²) in [6.45, 7) is 0. The average Bonchev–Trinajstić information content (AvgIpc) is 2.03. The highest BCUT2D eigenvalue weighted by molar-refractivity contribution is 6.58. The van der Waals surface area contributed by atoms with Gasteiger partial charge in [0, 0.05) is 5.69 Å². The Labute approximate surface area is 74.2 Å². The zero-order valence-electron chi connectivity index (χ0n) is 6.57. The first-order chi connectivity index (χ1) is 6.13. The summed E-state index contributed by atoms with van der Waals surface area (Å²) in [4.78, 5) is 10.0. The van der Waals surface area contributed by atoms with Gasteiger partial charge in [-0.25, -0.2) is 4.39 Å². The SMILES string of the molecule is O=CNc1cc(F)cc(B(O)O)c1. The van der Waals surface area contributed by atoms with Gasteiger partial charge < -0.3 is 15.4 Å². The van der Waals surface area contributed by atoms with E-state index in [4.69, 9.17) is 10.0 Å². The molecule has 1 aromatic carbocycles. The van der Waals surface area contributed by atoms with Gasteiger partial charge in [-0.05, 0) is 23.7 Å². The van der Waals surface area contributed by atoms with Gasteiger partial charge in [-0.15, -0.1) is 0 Å². The van der Waals surface area contributed by atoms with Crippen LogP contribution < -0.4 is 10.8 Å². The molecule has 0 heterocycles. The van der Waals surface area contributed by atoms with Crippen LogP contribution in [0.25, 0.3) is 0 Å². The standard InChI is InChI=1S/C7H7BFNO3/c9-6-1-5(8(12)13)2-7(3-6)10-4-11/h1-4,12-13H,(H,10,11). The summed E-state index contributed by atoms with van der Waals surface area (Å²) in [7, 11) is -1.75. The van der Waals surface area contributed by atoms with Gasteiger partial charge in [0.05, 0.1) is 0 Å². The summed E-state index contributed by atoms with van der Waals surface area (Å²) >= 11 is 0. The smallest absolute Gasteiger partial charge is 0.423 e. The summed E-state index contributed by atoms with van der Waals surface area (Å²) in [5.74, 6) is -0.644. The topological polar surface area (TPSA) is 69.6 Å². The van der Waals surface area contributed by atoms with E-state index in [0.717, 1.165) is 12.1 Å². The van der Waals surface area contributed by atoms with E-state index in [1.807, 2.05) is 0 Å². The Hall–Kier alpha value is -1.40. The number of amides is 1. The quantitative estimate of drug-likeness (QED) is 0.419. The minimum absolute atomic E-state index is 0.00986. The fraction of sp³-hybridized carbons (Fsp3) is 0. The van der Waals surface area contributed by atoms with Crippen molar-refractivity contribution < 1.29 is 19.2 Å². The lowest BCUT2D eigenvalue weighted by Crippen LogP contribution is -2.30. The van der Waals surface area contributed by atoms with Crippen molar-refractivity contribution in [2.45, 2.75) is 0 Å². The van der Waals surface area contributed by atoms with Gasteiger partial charge in [0.1, 0.15) is 5.82 Å². The third-order valence-electron chi connectivity index (χ3n) is 1.44. The highest BCUT2D eigenvalue weighted by Crippen LogP contribution is 2.06. The van der Waals surface area contributed by atoms with Crippen LogP contribution in [-0.2, 0) is 4.79 Å². The molecule has 0 bridgehead atoms. The molecular weight excluding hydrogens is 176 g/mol. The summed E-state index contributed by atoms with van der Waals surface area (Å²) < 4.78 is 12.7. The number of benzene rings is 1. The molecule has 68 valence electrons. The van der Waals surface area contributed by atoms with Crippen molar-refractivity contribution in [3.8, 4) is 0 Å². The Balaban J connectivity index is 3.03. The molecule has 0 aliphatic rings. The summed E-state index contributed by atoms with van der Waals surface area (Å²) in [6.07, 6.45) is 0.377. The highest BCUT2D eigenvalue weighted by Gasteiger charge is 2.12. The van der Waals surface area contributed by atoms with Crippen LogP contribution in [0.1, 0.15) is 0 Å². The highest BCUT2D eigenvalue weighted by atomic mass is 19.1. The number of hydrogen-bond donors (Lipinski definition) is 3. The zero-order valence-corrected chi connectivity index (χ0v) is 6.57. The van der Waals surface area contributed by atoms with E-state index >= 15 is 0 Å². The maximum absolute atomic E-state index is 12.7. The molecule has 1 aromatic rings. The number of rotatable bonds is 3. The van der Waals surface area contributed by atoms with Crippen molar-refractivity contribution in [2.75, 3.05) is 5.32 Å². The zero-order chi connectivity index (χ0) is 9.84. The predicted molar refractivity (Wildman–Crippen MR) is 45.9 cm³/mol. The molecule has 4 nitrogen and oxygen atoms in total. The van der Waals surface area contributed by atoms with E-state index in [2.05, 4.69) is 5.32 Å². The molecule has 0 aromatic heterocycles. The second kappa shape index (κ2) is 4.02. The van der Waals surface area contributed by atoms with Crippen molar-refractivity contribution in [3.63, 3.8) is 0 Å². The van der Waals surface area contributed by atoms with E-state index < -0.39 is 12.9 Å². The maximum atomic E-state index is 12.7. The second-order valence-electron chi connectivity index (χ2n) is 2.41. The molecule has 0 radical (unpaired) electrons. The molecule has 0 atom stereocenters. The first-order valence-corrected chi connectivity index (χ1v) is 3.50. The number of halogens is 1. The molecule has 13 heavy (non-hydrogen) atoms. The Kier molecular flexibility index (Phi) is 3.00. The normalized spacial score (nSPS) is 9.46. The number of nitrogens with one attached hydrogen (secondary N) is 1. The molecule has 0 aliphatic heterocycles. The molecule has 0 saturated carbocycles. The molecular formula is C7H7BFNO3. The van der Waals surface area contributed by atoms with Gasteiger partial charge in [-0.2, -0.15) is 0 Å². The summed E-state index contributed by atoms with van der Waals surface area (Å²) in [6, 6.07) is 3.31. The Morgan fingerprint density at radius 2 is 2.08 bits per heavy atom. The summed E-state index contributed by atoms with van der Waals surface area (Å²) in [5.41, 5.74) is 0.169. The van der Waals surface area contributed by atoms with Gasteiger partial charge in [0.15, 0.2) is 0 Å². The molecule has 0 aliphatic carbocycles. The van der Waals surface area contributed by atoms with E-state index in [-0.39, 0.29) is 11.2 Å². The van der Waals surface area contributed by atoms with Crippen LogP contribution in [-0.4, -0.2) is 23.6 Å². The lowest BCUT2D eigenvalue weighted by atomic mass is 9.80. The molecule has 0 fully saturated rings. The van der Waals surface area contributed by atoms with Crippen molar-refractivity contribution in [1.82, 2.24) is 0 Å². The Morgan fingerprint density at radius 3 is 2.62 bits per heavy atom. The Bertz CT molecular complexity index is 319. The molecule has 6 heteroatoms. The minimum Gasteiger partial charge on any atom is -0.423 e. The molecule has 3 N–H and O–H groups in total. The van der Waals surface area contributed by atoms with Crippen LogP contribution >= 0.6 is 0 Å². The van der Waals surface area contributed by atoms with Crippen molar-refractivity contribution in [2.24, 2.45) is 0 Å². The monoisotopic (exact) mass is 183 g/mol. The van der Waals surface area contributed by atoms with Gasteiger partial charge in [0.25, 0.3) is 0 Å². The van der Waals surface area contributed by atoms with Crippen LogP contribution in [0.3, 0.4) is 0 Å². The molecule has 0 saturated heterocycles. The van der Waals surface area contributed by atoms with Gasteiger partial charge in [-0.1, -0.05) is 0 Å². The van der Waals surface area contributed by atoms with Crippen LogP contribution in [0.4, 0.5) is 10.1 Å². The molecule has 0 spiro atoms. The molecule has 1 amide bonds. The van der Waals surface area contributed by atoms with Crippen molar-refractivity contribution in [3.05, 3.63) is 24.0 Å². The van der Waals surface area contributed by atoms with Crippen LogP contribution in [0.15, 0.2) is 18.2 Å². The molecule has 0 unspecified atom stereocenters. The van der Waals surface area contributed by atoms with Gasteiger partial charge in [0.2, 0.25) is 6.41 Å². The molecule has 1 rings (SSSR count). The maximum Gasteiger partial charge on any atom is 0.488 e. The van der Waals surface area contributed by atoms with E-state index in [9.17, 15) is 9.18 Å². The first kappa shape index (κ1) is 9.69. The average molecular weight is 183 g/mol. The predicted octanol–water partition coefficient (Wildman–Crippen LogP) is -0.926. The lowest BCUT2D eigenvalue weighted by Gasteiger charge is -2.03. The van der Waals surface area contributed by atoms with E-state index in [0.29, 0.717) is 6.41 Å². The van der Waals surface area contributed by atoms with E-state index in [1.165, 1.54) is 6.07 Å². The summed E-state index contributed by atoms with van der Waals surface area (Å²) in [5, 5.41) is 19.6. The first-order valence-electron chi connectivity index (χ1n) is 3.50. The largest absolute Gasteiger partial charge is 0.488 e. The number of carbonyl (C=O) groups is 1. The van der Waals surface area contributed by atoms with Crippen LogP contribution in [0.5, 0.6) is 0 Å². The lowest BCUT2D eigenvalue weighted by molar-refractivity contribution is -0.105. The third-order valence-corrected chi connectivity index (χ3v) is 1.44. The third kappa shape index (κ3) is 2.53. The van der Waals surface area contributed by atoms with Gasteiger partial charge in [-0.3, -0.25) is 4.79 Å². The second-order valence-corrected chi connectivity index (χ2v) is 2.41. The van der Waals surface area contributed by atoms with Crippen molar-refractivity contribution >= 4 is 24.7 Å². The number of hydrogen-bond acceptors (Lipinski definition) is 3. The Morgan fingerprint density at radius 1 is 1.38 bits per heavy atom. The fourth-order valence-electron chi connectivity index (χ4n) is 0.913. The van der Waals surface area contributed by atoms with Crippen LogP contribution in [0, 0.1) is 5.82 Å².